The Morgan fingerprint density at radius 2 is 1.86 bits per heavy atom. The molecule has 1 rings (SSSR count). The molecule has 21 heavy (non-hydrogen) atoms. The Bertz CT molecular complexity index is 540. The van der Waals surface area contributed by atoms with Gasteiger partial charge in [0.1, 0.15) is 16.4 Å². The number of aliphatic hydroxyl groups is 1. The summed E-state index contributed by atoms with van der Waals surface area (Å²) in [6.07, 6.45) is 0.491. The number of benzene rings is 1. The average molecular weight is 317 g/mol. The van der Waals surface area contributed by atoms with Crippen molar-refractivity contribution >= 4 is 10.0 Å². The number of hydrogen-bond donors (Lipinski definition) is 2. The van der Waals surface area contributed by atoms with Crippen LogP contribution in [0.15, 0.2) is 23.1 Å². The molecule has 0 aliphatic heterocycles. The molecule has 120 valence electrons. The molecule has 2 N–H and O–H groups in total. The Kier molecular flexibility index (Phi) is 6.94. The minimum Gasteiger partial charge on any atom is -0.494 e. The van der Waals surface area contributed by atoms with Crippen molar-refractivity contribution in [2.75, 3.05) is 19.8 Å². The van der Waals surface area contributed by atoms with Crippen molar-refractivity contribution in [3.05, 3.63) is 18.2 Å². The minimum atomic E-state index is -3.79. The quantitative estimate of drug-likeness (QED) is 0.721. The maximum absolute atomic E-state index is 12.5. The maximum atomic E-state index is 12.5. The standard InChI is InChI=1S/C14H23NO5S/c1-4-11(10-16)15-21(17,18)14-9-12(19-5-2)7-8-13(14)20-6-3/h7-9,11,15-16H,4-6,10H2,1-3H3/t11-/m1/s1. The zero-order chi connectivity index (χ0) is 15.9. The molecule has 0 saturated heterocycles. The first-order valence-corrected chi connectivity index (χ1v) is 8.49. The molecule has 1 aromatic carbocycles. The summed E-state index contributed by atoms with van der Waals surface area (Å²) in [5.41, 5.74) is 0. The monoisotopic (exact) mass is 317 g/mol. The molecule has 0 bridgehead atoms. The molecule has 0 heterocycles. The summed E-state index contributed by atoms with van der Waals surface area (Å²) in [6.45, 7) is 5.93. The van der Waals surface area contributed by atoms with Crippen LogP contribution in [0.1, 0.15) is 27.2 Å². The summed E-state index contributed by atoms with van der Waals surface area (Å²) in [4.78, 5) is 0.0159. The Morgan fingerprint density at radius 3 is 2.38 bits per heavy atom. The van der Waals surface area contributed by atoms with Gasteiger partial charge in [-0.3, -0.25) is 0 Å². The summed E-state index contributed by atoms with van der Waals surface area (Å²) < 4.78 is 38.1. The normalized spacial score (nSPS) is 13.0. The SMILES string of the molecule is CCOc1ccc(OCC)c(S(=O)(=O)N[C@H](CC)CO)c1. The van der Waals surface area contributed by atoms with Crippen LogP contribution in [0.3, 0.4) is 0 Å². The van der Waals surface area contributed by atoms with E-state index >= 15 is 0 Å². The van der Waals surface area contributed by atoms with Gasteiger partial charge >= 0.3 is 0 Å². The molecule has 0 fully saturated rings. The zero-order valence-electron chi connectivity index (χ0n) is 12.6. The van der Waals surface area contributed by atoms with Crippen LogP contribution in [0.4, 0.5) is 0 Å². The Balaban J connectivity index is 3.19. The van der Waals surface area contributed by atoms with Crippen molar-refractivity contribution in [1.29, 1.82) is 0 Å². The van der Waals surface area contributed by atoms with Gasteiger partial charge in [-0.15, -0.1) is 0 Å². The lowest BCUT2D eigenvalue weighted by atomic mass is 10.3. The van der Waals surface area contributed by atoms with Gasteiger partial charge in [0.2, 0.25) is 10.0 Å². The third-order valence-electron chi connectivity index (χ3n) is 2.85. The third-order valence-corrected chi connectivity index (χ3v) is 4.39. The number of rotatable bonds is 9. The van der Waals surface area contributed by atoms with E-state index in [-0.39, 0.29) is 17.3 Å². The Labute approximate surface area is 126 Å². The maximum Gasteiger partial charge on any atom is 0.244 e. The summed E-state index contributed by atoms with van der Waals surface area (Å²) in [7, 11) is -3.79. The lowest BCUT2D eigenvalue weighted by molar-refractivity contribution is 0.253. The molecular formula is C14H23NO5S. The van der Waals surface area contributed by atoms with E-state index < -0.39 is 16.1 Å². The molecule has 0 aliphatic rings. The smallest absolute Gasteiger partial charge is 0.244 e. The number of hydrogen-bond acceptors (Lipinski definition) is 5. The molecule has 0 amide bonds. The van der Waals surface area contributed by atoms with Gasteiger partial charge in [-0.2, -0.15) is 0 Å². The van der Waals surface area contributed by atoms with Crippen LogP contribution in [0.2, 0.25) is 0 Å². The van der Waals surface area contributed by atoms with Crippen molar-refractivity contribution in [3.8, 4) is 11.5 Å². The highest BCUT2D eigenvalue weighted by Crippen LogP contribution is 2.28. The van der Waals surface area contributed by atoms with Crippen molar-refractivity contribution in [1.82, 2.24) is 4.72 Å². The van der Waals surface area contributed by atoms with E-state index in [0.717, 1.165) is 0 Å². The topological polar surface area (TPSA) is 84.9 Å². The molecule has 0 spiro atoms. The fourth-order valence-electron chi connectivity index (χ4n) is 1.76. The van der Waals surface area contributed by atoms with Gasteiger partial charge in [-0.1, -0.05) is 6.92 Å². The van der Waals surface area contributed by atoms with Gasteiger partial charge in [-0.25, -0.2) is 13.1 Å². The molecule has 0 unspecified atom stereocenters. The lowest BCUT2D eigenvalue weighted by Gasteiger charge is -2.17. The first kappa shape index (κ1) is 17.7. The second kappa shape index (κ2) is 8.21. The zero-order valence-corrected chi connectivity index (χ0v) is 13.4. The molecule has 0 aliphatic carbocycles. The second-order valence-corrected chi connectivity index (χ2v) is 6.07. The van der Waals surface area contributed by atoms with Gasteiger partial charge in [0, 0.05) is 12.1 Å². The van der Waals surface area contributed by atoms with Crippen LogP contribution < -0.4 is 14.2 Å². The number of ether oxygens (including phenoxy) is 2. The van der Waals surface area contributed by atoms with E-state index in [4.69, 9.17) is 14.6 Å². The Morgan fingerprint density at radius 1 is 1.19 bits per heavy atom. The van der Waals surface area contributed by atoms with Crippen molar-refractivity contribution in [2.45, 2.75) is 38.1 Å². The van der Waals surface area contributed by atoms with Crippen LogP contribution in [0.25, 0.3) is 0 Å². The molecular weight excluding hydrogens is 294 g/mol. The van der Waals surface area contributed by atoms with Crippen LogP contribution in [0.5, 0.6) is 11.5 Å². The minimum absolute atomic E-state index is 0.0159. The average Bonchev–Trinajstić information content (AvgIpc) is 2.46. The van der Waals surface area contributed by atoms with E-state index in [1.807, 2.05) is 6.92 Å². The fraction of sp³-hybridized carbons (Fsp3) is 0.571. The van der Waals surface area contributed by atoms with Gasteiger partial charge < -0.3 is 14.6 Å². The number of sulfonamides is 1. The molecule has 0 saturated carbocycles. The number of nitrogens with one attached hydrogen (secondary N) is 1. The predicted molar refractivity (Wildman–Crippen MR) is 80.3 cm³/mol. The van der Waals surface area contributed by atoms with Crippen molar-refractivity contribution < 1.29 is 23.0 Å². The first-order valence-electron chi connectivity index (χ1n) is 7.01. The van der Waals surface area contributed by atoms with E-state index in [9.17, 15) is 8.42 Å². The van der Waals surface area contributed by atoms with Crippen LogP contribution in [0, 0.1) is 0 Å². The van der Waals surface area contributed by atoms with E-state index in [1.165, 1.54) is 6.07 Å². The predicted octanol–water partition coefficient (Wildman–Crippen LogP) is 1.53. The fourth-order valence-corrected chi connectivity index (χ4v) is 3.23. The Hall–Kier alpha value is -1.31. The molecule has 7 heteroatoms. The number of aliphatic hydroxyl groups excluding tert-OH is 1. The van der Waals surface area contributed by atoms with Gasteiger partial charge in [0.05, 0.1) is 19.8 Å². The van der Waals surface area contributed by atoms with Gasteiger partial charge in [0.15, 0.2) is 0 Å². The van der Waals surface area contributed by atoms with E-state index in [1.54, 1.807) is 26.0 Å². The van der Waals surface area contributed by atoms with Gasteiger partial charge in [-0.05, 0) is 32.4 Å². The van der Waals surface area contributed by atoms with Crippen LogP contribution >= 0.6 is 0 Å². The molecule has 1 aromatic rings. The summed E-state index contributed by atoms with van der Waals surface area (Å²) >= 11 is 0. The first-order chi connectivity index (χ1) is 9.98. The molecule has 1 atom stereocenters. The summed E-state index contributed by atoms with van der Waals surface area (Å²) in [5, 5.41) is 9.16. The summed E-state index contributed by atoms with van der Waals surface area (Å²) in [5.74, 6) is 0.722. The molecule has 0 radical (unpaired) electrons. The van der Waals surface area contributed by atoms with E-state index in [0.29, 0.717) is 25.4 Å². The molecule has 6 nitrogen and oxygen atoms in total. The highest BCUT2D eigenvalue weighted by atomic mass is 32.2. The largest absolute Gasteiger partial charge is 0.494 e. The summed E-state index contributed by atoms with van der Waals surface area (Å²) in [6, 6.07) is 4.14. The van der Waals surface area contributed by atoms with Crippen molar-refractivity contribution in [2.24, 2.45) is 0 Å². The third kappa shape index (κ3) is 4.87. The lowest BCUT2D eigenvalue weighted by Crippen LogP contribution is -2.37. The van der Waals surface area contributed by atoms with Crippen LogP contribution in [-0.4, -0.2) is 39.4 Å². The second-order valence-electron chi connectivity index (χ2n) is 4.38. The van der Waals surface area contributed by atoms with E-state index in [2.05, 4.69) is 4.72 Å². The van der Waals surface area contributed by atoms with Crippen LogP contribution in [-0.2, 0) is 10.0 Å². The molecule has 0 aromatic heterocycles. The van der Waals surface area contributed by atoms with Crippen molar-refractivity contribution in [3.63, 3.8) is 0 Å². The highest BCUT2D eigenvalue weighted by molar-refractivity contribution is 7.89. The van der Waals surface area contributed by atoms with Gasteiger partial charge in [0.25, 0.3) is 0 Å². The highest BCUT2D eigenvalue weighted by Gasteiger charge is 2.23.